The summed E-state index contributed by atoms with van der Waals surface area (Å²) in [6.07, 6.45) is 4.42. The van der Waals surface area contributed by atoms with E-state index in [-0.39, 0.29) is 18.2 Å². The van der Waals surface area contributed by atoms with Crippen LogP contribution in [0.15, 0.2) is 71.9 Å². The molecule has 0 radical (unpaired) electrons. The van der Waals surface area contributed by atoms with Gasteiger partial charge in [0.05, 0.1) is 35.8 Å². The van der Waals surface area contributed by atoms with Crippen molar-refractivity contribution in [3.8, 4) is 28.1 Å². The number of aliphatic hydroxyl groups is 1. The zero-order valence-corrected chi connectivity index (χ0v) is 24.2. The number of nitrogens with zero attached hydrogens (tertiary/aromatic N) is 6. The first-order chi connectivity index (χ1) is 20.6. The highest BCUT2D eigenvalue weighted by molar-refractivity contribution is 6.31. The Morgan fingerprint density at radius 2 is 1.98 bits per heavy atom. The first kappa shape index (κ1) is 28.3. The average molecular weight is 601 g/mol. The van der Waals surface area contributed by atoms with E-state index in [0.717, 1.165) is 34.5 Å². The molecule has 5 aromatic rings. The van der Waals surface area contributed by atoms with Crippen molar-refractivity contribution in [1.82, 2.24) is 34.7 Å². The number of aromatic nitrogens is 7. The van der Waals surface area contributed by atoms with Crippen LogP contribution in [0.25, 0.3) is 28.1 Å². The van der Waals surface area contributed by atoms with Gasteiger partial charge in [-0.05, 0) is 84.6 Å². The summed E-state index contributed by atoms with van der Waals surface area (Å²) in [5.74, 6) is 0.693. The quantitative estimate of drug-likeness (QED) is 0.230. The largest absolute Gasteiger partial charge is 0.449 e. The van der Waals surface area contributed by atoms with Crippen LogP contribution in [0.4, 0.5) is 10.5 Å². The van der Waals surface area contributed by atoms with Gasteiger partial charge >= 0.3 is 6.09 Å². The number of tetrazole rings is 1. The van der Waals surface area contributed by atoms with Crippen LogP contribution in [0, 0.1) is 0 Å². The number of halogens is 1. The third-order valence-corrected chi connectivity index (χ3v) is 7.53. The van der Waals surface area contributed by atoms with Gasteiger partial charge in [-0.25, -0.2) is 9.78 Å². The number of anilines is 1. The SMILES string of the molecule is CC(C)(O)CCOC(=O)Nc1ccc(-c2cnc([C@@H]3CCc4cc(-c5cc(Cl)ccc5-n5cnnn5)cc(=O)n43)[nH]2)cc1. The predicted octanol–water partition coefficient (Wildman–Crippen LogP) is 4.78. The predicted molar refractivity (Wildman–Crippen MR) is 160 cm³/mol. The van der Waals surface area contributed by atoms with Gasteiger partial charge in [0.15, 0.2) is 0 Å². The molecule has 0 fully saturated rings. The van der Waals surface area contributed by atoms with Gasteiger partial charge in [0.25, 0.3) is 5.56 Å². The minimum atomic E-state index is -0.902. The van der Waals surface area contributed by atoms with Crippen LogP contribution in [-0.2, 0) is 11.2 Å². The van der Waals surface area contributed by atoms with Crippen LogP contribution in [0.1, 0.15) is 44.2 Å². The molecule has 0 aliphatic carbocycles. The number of aryl methyl sites for hydroxylation is 1. The van der Waals surface area contributed by atoms with Gasteiger partial charge < -0.3 is 19.4 Å². The topological polar surface area (TPSA) is 153 Å². The van der Waals surface area contributed by atoms with E-state index in [4.69, 9.17) is 16.3 Å². The molecule has 1 atom stereocenters. The molecular weight excluding hydrogens is 572 g/mol. The minimum absolute atomic E-state index is 0.112. The van der Waals surface area contributed by atoms with E-state index in [9.17, 15) is 14.7 Å². The van der Waals surface area contributed by atoms with Crippen molar-refractivity contribution >= 4 is 23.4 Å². The molecule has 0 unspecified atom stereocenters. The van der Waals surface area contributed by atoms with Gasteiger partial charge in [-0.1, -0.05) is 23.7 Å². The van der Waals surface area contributed by atoms with E-state index in [0.29, 0.717) is 35.1 Å². The highest BCUT2D eigenvalue weighted by Gasteiger charge is 2.28. The zero-order chi connectivity index (χ0) is 30.1. The van der Waals surface area contributed by atoms with Crippen molar-refractivity contribution in [3.05, 3.63) is 94.0 Å². The molecule has 12 nitrogen and oxygen atoms in total. The van der Waals surface area contributed by atoms with E-state index in [1.54, 1.807) is 54.9 Å². The van der Waals surface area contributed by atoms with Gasteiger partial charge in [-0.2, -0.15) is 4.68 Å². The molecule has 2 aromatic carbocycles. The molecule has 1 aliphatic heterocycles. The number of imidazole rings is 1. The van der Waals surface area contributed by atoms with Crippen LogP contribution in [-0.4, -0.2) is 58.2 Å². The van der Waals surface area contributed by atoms with E-state index in [1.807, 2.05) is 24.3 Å². The molecule has 6 rings (SSSR count). The van der Waals surface area contributed by atoms with Crippen molar-refractivity contribution in [1.29, 1.82) is 0 Å². The number of benzene rings is 2. The number of amides is 1. The highest BCUT2D eigenvalue weighted by Crippen LogP contribution is 2.34. The lowest BCUT2D eigenvalue weighted by atomic mass is 10.0. The van der Waals surface area contributed by atoms with Crippen molar-refractivity contribution < 1.29 is 14.6 Å². The number of fused-ring (bicyclic) bond motifs is 1. The Labute approximate surface area is 251 Å². The summed E-state index contributed by atoms with van der Waals surface area (Å²) in [7, 11) is 0. The monoisotopic (exact) mass is 600 g/mol. The van der Waals surface area contributed by atoms with Crippen LogP contribution in [0.2, 0.25) is 5.02 Å². The number of H-pyrrole nitrogens is 1. The van der Waals surface area contributed by atoms with Crippen molar-refractivity contribution in [2.45, 2.75) is 44.8 Å². The third kappa shape index (κ3) is 6.20. The maximum atomic E-state index is 13.5. The summed E-state index contributed by atoms with van der Waals surface area (Å²) in [6.45, 7) is 3.43. The van der Waals surface area contributed by atoms with E-state index < -0.39 is 11.7 Å². The first-order valence-electron chi connectivity index (χ1n) is 13.7. The number of ether oxygens (including phenoxy) is 1. The fraction of sp³-hybridized carbons (Fsp3) is 0.267. The third-order valence-electron chi connectivity index (χ3n) is 7.30. The maximum Gasteiger partial charge on any atom is 0.411 e. The van der Waals surface area contributed by atoms with Crippen LogP contribution in [0.3, 0.4) is 0 Å². The summed E-state index contributed by atoms with van der Waals surface area (Å²) < 4.78 is 8.45. The Bertz CT molecular complexity index is 1820. The Kier molecular flexibility index (Phi) is 7.55. The molecule has 3 aromatic heterocycles. The standard InChI is InChI=1S/C30H29ClN8O4/c1-30(2,42)11-12-43-29(41)34-21-6-3-18(4-7-21)24-16-32-28(35-24)26-10-8-22-13-19(14-27(40)39(22)26)23-15-20(31)5-9-25(23)38-17-33-36-37-38/h3-7,9,13-17,26,42H,8,10-12H2,1-2H3,(H,32,35)(H,34,41)/t26-/m0/s1. The summed E-state index contributed by atoms with van der Waals surface area (Å²) in [5, 5.41) is 24.4. The lowest BCUT2D eigenvalue weighted by Gasteiger charge is -2.16. The Balaban J connectivity index is 1.19. The van der Waals surface area contributed by atoms with Gasteiger partial charge in [-0.15, -0.1) is 5.10 Å². The molecule has 0 saturated heterocycles. The molecule has 1 aliphatic rings. The molecule has 220 valence electrons. The molecule has 1 amide bonds. The first-order valence-corrected chi connectivity index (χ1v) is 14.1. The van der Waals surface area contributed by atoms with Gasteiger partial charge in [0, 0.05) is 34.5 Å². The van der Waals surface area contributed by atoms with Gasteiger partial charge in [0.1, 0.15) is 12.2 Å². The number of carbonyl (C=O) groups is 1. The van der Waals surface area contributed by atoms with Gasteiger partial charge in [-0.3, -0.25) is 10.1 Å². The zero-order valence-electron chi connectivity index (χ0n) is 23.5. The fourth-order valence-electron chi connectivity index (χ4n) is 5.15. The second-order valence-electron chi connectivity index (χ2n) is 11.0. The van der Waals surface area contributed by atoms with Crippen molar-refractivity contribution in [3.63, 3.8) is 0 Å². The normalized spacial score (nSPS) is 14.5. The molecule has 0 saturated carbocycles. The lowest BCUT2D eigenvalue weighted by Crippen LogP contribution is -2.23. The summed E-state index contributed by atoms with van der Waals surface area (Å²) in [4.78, 5) is 33.5. The smallest absolute Gasteiger partial charge is 0.411 e. The molecule has 0 bridgehead atoms. The maximum absolute atomic E-state index is 13.5. The van der Waals surface area contributed by atoms with Crippen molar-refractivity contribution in [2.75, 3.05) is 11.9 Å². The Morgan fingerprint density at radius 3 is 2.72 bits per heavy atom. The fourth-order valence-corrected chi connectivity index (χ4v) is 5.33. The summed E-state index contributed by atoms with van der Waals surface area (Å²) in [6, 6.07) is 16.0. The van der Waals surface area contributed by atoms with E-state index >= 15 is 0 Å². The van der Waals surface area contributed by atoms with E-state index in [1.165, 1.54) is 11.0 Å². The summed E-state index contributed by atoms with van der Waals surface area (Å²) >= 11 is 6.32. The summed E-state index contributed by atoms with van der Waals surface area (Å²) in [5.41, 5.74) is 4.30. The average Bonchev–Trinajstić information content (AvgIpc) is 3.74. The molecular formula is C30H29ClN8O4. The highest BCUT2D eigenvalue weighted by atomic mass is 35.5. The second-order valence-corrected chi connectivity index (χ2v) is 11.4. The number of aromatic amines is 1. The van der Waals surface area contributed by atoms with Crippen LogP contribution in [0.5, 0.6) is 0 Å². The Morgan fingerprint density at radius 1 is 1.16 bits per heavy atom. The van der Waals surface area contributed by atoms with E-state index in [2.05, 4.69) is 30.8 Å². The molecule has 4 heterocycles. The minimum Gasteiger partial charge on any atom is -0.449 e. The number of nitrogens with one attached hydrogen (secondary N) is 2. The van der Waals surface area contributed by atoms with Crippen molar-refractivity contribution in [2.24, 2.45) is 0 Å². The van der Waals surface area contributed by atoms with Crippen LogP contribution >= 0.6 is 11.6 Å². The molecule has 43 heavy (non-hydrogen) atoms. The molecule has 13 heteroatoms. The number of rotatable bonds is 8. The number of pyridine rings is 1. The van der Waals surface area contributed by atoms with Gasteiger partial charge in [0.2, 0.25) is 0 Å². The van der Waals surface area contributed by atoms with Crippen LogP contribution < -0.4 is 10.9 Å². The number of hydrogen-bond donors (Lipinski definition) is 3. The number of carbonyl (C=O) groups excluding carboxylic acids is 1. The Hall–Kier alpha value is -4.81. The second kappa shape index (κ2) is 11.5. The molecule has 0 spiro atoms. The molecule has 3 N–H and O–H groups in total. The number of hydrogen-bond acceptors (Lipinski definition) is 8. The lowest BCUT2D eigenvalue weighted by molar-refractivity contribution is 0.0469.